The second-order valence-corrected chi connectivity index (χ2v) is 5.33. The molecule has 0 heterocycles. The van der Waals surface area contributed by atoms with Gasteiger partial charge in [0.05, 0.1) is 24.7 Å². The lowest BCUT2D eigenvalue weighted by Gasteiger charge is -2.20. The van der Waals surface area contributed by atoms with Gasteiger partial charge in [0.15, 0.2) is 5.78 Å². The lowest BCUT2D eigenvalue weighted by molar-refractivity contribution is 0.0902. The van der Waals surface area contributed by atoms with E-state index in [2.05, 4.69) is 6.92 Å². The predicted molar refractivity (Wildman–Crippen MR) is 86.6 cm³/mol. The number of benzene rings is 1. The fraction of sp³-hybridized carbons (Fsp3) is 0.588. The van der Waals surface area contributed by atoms with Crippen molar-refractivity contribution in [2.75, 3.05) is 20.1 Å². The number of alkyl halides is 1. The van der Waals surface area contributed by atoms with Crippen LogP contribution in [0.2, 0.25) is 0 Å². The molecule has 1 aromatic carbocycles. The number of methoxy groups -OCH3 is 2. The molecule has 0 aliphatic heterocycles. The zero-order chi connectivity index (χ0) is 15.7. The summed E-state index contributed by atoms with van der Waals surface area (Å²) in [6.45, 7) is 2.19. The van der Waals surface area contributed by atoms with Crippen molar-refractivity contribution in [1.82, 2.24) is 0 Å². The van der Waals surface area contributed by atoms with Crippen LogP contribution < -0.4 is 4.74 Å². The third-order valence-electron chi connectivity index (χ3n) is 3.62. The smallest absolute Gasteiger partial charge is 0.181 e. The third-order valence-corrected chi connectivity index (χ3v) is 3.87. The van der Waals surface area contributed by atoms with Gasteiger partial charge in [0, 0.05) is 12.7 Å². The third kappa shape index (κ3) is 5.01. The van der Waals surface area contributed by atoms with Crippen LogP contribution in [0.3, 0.4) is 0 Å². The Bertz CT molecular complexity index is 446. The molecule has 4 heteroatoms. The highest BCUT2D eigenvalue weighted by atomic mass is 35.5. The quantitative estimate of drug-likeness (QED) is 0.354. The lowest BCUT2D eigenvalue weighted by atomic mass is 9.98. The molecule has 0 saturated carbocycles. The van der Waals surface area contributed by atoms with E-state index in [0.717, 1.165) is 18.4 Å². The Morgan fingerprint density at radius 2 is 2.00 bits per heavy atom. The van der Waals surface area contributed by atoms with Gasteiger partial charge in [-0.15, -0.1) is 11.6 Å². The number of rotatable bonds is 10. The van der Waals surface area contributed by atoms with Crippen LogP contribution in [0.4, 0.5) is 0 Å². The van der Waals surface area contributed by atoms with Crippen LogP contribution in [-0.4, -0.2) is 25.9 Å². The molecule has 0 spiro atoms. The van der Waals surface area contributed by atoms with E-state index in [0.29, 0.717) is 11.3 Å². The maximum absolute atomic E-state index is 11.9. The van der Waals surface area contributed by atoms with Crippen LogP contribution >= 0.6 is 11.6 Å². The first-order chi connectivity index (χ1) is 10.2. The maximum atomic E-state index is 11.9. The Kier molecular flexibility index (Phi) is 8.40. The molecule has 0 saturated heterocycles. The summed E-state index contributed by atoms with van der Waals surface area (Å²) in [4.78, 5) is 11.9. The first-order valence-electron chi connectivity index (χ1n) is 7.48. The number of halogens is 1. The van der Waals surface area contributed by atoms with Gasteiger partial charge in [-0.25, -0.2) is 0 Å². The monoisotopic (exact) mass is 312 g/mol. The Morgan fingerprint density at radius 3 is 2.57 bits per heavy atom. The molecule has 0 amide bonds. The standard InChI is InChI=1S/C17H25ClO3/c1-4-5-6-7-11-16(20-2)14-10-8-9-13(15(19)12-18)17(14)21-3/h8-10,16H,4-7,11-12H2,1-3H3. The minimum atomic E-state index is -0.129. The number of carbonyl (C=O) groups is 1. The molecule has 3 nitrogen and oxygen atoms in total. The van der Waals surface area contributed by atoms with Crippen molar-refractivity contribution in [3.63, 3.8) is 0 Å². The van der Waals surface area contributed by atoms with Gasteiger partial charge in [-0.05, 0) is 12.5 Å². The van der Waals surface area contributed by atoms with Crippen molar-refractivity contribution in [3.05, 3.63) is 29.3 Å². The van der Waals surface area contributed by atoms with Crippen molar-refractivity contribution in [2.24, 2.45) is 0 Å². The number of ether oxygens (including phenoxy) is 2. The van der Waals surface area contributed by atoms with Crippen LogP contribution in [0.5, 0.6) is 5.75 Å². The summed E-state index contributed by atoms with van der Waals surface area (Å²) >= 11 is 5.66. The summed E-state index contributed by atoms with van der Waals surface area (Å²) in [6, 6.07) is 5.56. The number of para-hydroxylation sites is 1. The van der Waals surface area contributed by atoms with Gasteiger partial charge in [-0.3, -0.25) is 4.79 Å². The molecule has 21 heavy (non-hydrogen) atoms. The fourth-order valence-corrected chi connectivity index (χ4v) is 2.63. The van der Waals surface area contributed by atoms with Crippen molar-refractivity contribution in [1.29, 1.82) is 0 Å². The Hall–Kier alpha value is -1.06. The summed E-state index contributed by atoms with van der Waals surface area (Å²) in [7, 11) is 3.27. The highest BCUT2D eigenvalue weighted by Crippen LogP contribution is 2.34. The summed E-state index contributed by atoms with van der Waals surface area (Å²) < 4.78 is 11.1. The summed E-state index contributed by atoms with van der Waals surface area (Å²) in [5.74, 6) is 0.412. The van der Waals surface area contributed by atoms with Crippen molar-refractivity contribution in [3.8, 4) is 5.75 Å². The molecule has 1 rings (SSSR count). The van der Waals surface area contributed by atoms with E-state index >= 15 is 0 Å². The van der Waals surface area contributed by atoms with Gasteiger partial charge < -0.3 is 9.47 Å². The fourth-order valence-electron chi connectivity index (χ4n) is 2.48. The van der Waals surface area contributed by atoms with Crippen LogP contribution in [0.25, 0.3) is 0 Å². The van der Waals surface area contributed by atoms with Gasteiger partial charge >= 0.3 is 0 Å². The first kappa shape index (κ1) is 18.0. The average Bonchev–Trinajstić information content (AvgIpc) is 2.53. The number of carbonyl (C=O) groups excluding carboxylic acids is 1. The zero-order valence-corrected chi connectivity index (χ0v) is 13.9. The zero-order valence-electron chi connectivity index (χ0n) is 13.2. The SMILES string of the molecule is CCCCCCC(OC)c1cccc(C(=O)CCl)c1OC. The van der Waals surface area contributed by atoms with E-state index in [-0.39, 0.29) is 17.8 Å². The normalized spacial score (nSPS) is 12.2. The largest absolute Gasteiger partial charge is 0.496 e. The summed E-state index contributed by atoms with van der Waals surface area (Å²) in [5.41, 5.74) is 1.45. The lowest BCUT2D eigenvalue weighted by Crippen LogP contribution is -2.09. The first-order valence-corrected chi connectivity index (χ1v) is 8.01. The van der Waals surface area contributed by atoms with E-state index in [1.165, 1.54) is 19.3 Å². The molecule has 0 aliphatic rings. The van der Waals surface area contributed by atoms with E-state index in [4.69, 9.17) is 21.1 Å². The molecular weight excluding hydrogens is 288 g/mol. The van der Waals surface area contributed by atoms with Gasteiger partial charge in [0.1, 0.15) is 5.75 Å². The Morgan fingerprint density at radius 1 is 1.24 bits per heavy atom. The maximum Gasteiger partial charge on any atom is 0.181 e. The minimum absolute atomic E-state index is 0.0477. The van der Waals surface area contributed by atoms with Gasteiger partial charge in [-0.2, -0.15) is 0 Å². The van der Waals surface area contributed by atoms with E-state index in [1.807, 2.05) is 12.1 Å². The molecule has 1 unspecified atom stereocenters. The molecule has 0 N–H and O–H groups in total. The molecule has 1 atom stereocenters. The van der Waals surface area contributed by atoms with Crippen LogP contribution in [0.15, 0.2) is 18.2 Å². The second-order valence-electron chi connectivity index (χ2n) is 5.06. The van der Waals surface area contributed by atoms with E-state index < -0.39 is 0 Å². The van der Waals surface area contributed by atoms with Crippen molar-refractivity contribution >= 4 is 17.4 Å². The molecule has 0 aromatic heterocycles. The molecule has 0 radical (unpaired) electrons. The number of hydrogen-bond donors (Lipinski definition) is 0. The van der Waals surface area contributed by atoms with Gasteiger partial charge in [0.2, 0.25) is 0 Å². The molecule has 0 fully saturated rings. The number of ketones is 1. The van der Waals surface area contributed by atoms with Gasteiger partial charge in [-0.1, -0.05) is 44.7 Å². The van der Waals surface area contributed by atoms with Crippen LogP contribution in [0, 0.1) is 0 Å². The number of unbranched alkanes of at least 4 members (excludes halogenated alkanes) is 3. The second kappa shape index (κ2) is 9.80. The Labute approximate surface area is 132 Å². The van der Waals surface area contributed by atoms with E-state index in [9.17, 15) is 4.79 Å². The van der Waals surface area contributed by atoms with Crippen LogP contribution in [0.1, 0.15) is 61.1 Å². The predicted octanol–water partition coefficient (Wildman–Crippen LogP) is 4.77. The topological polar surface area (TPSA) is 35.5 Å². The van der Waals surface area contributed by atoms with Crippen molar-refractivity contribution in [2.45, 2.75) is 45.1 Å². The van der Waals surface area contributed by atoms with E-state index in [1.54, 1.807) is 20.3 Å². The molecule has 0 aliphatic carbocycles. The summed E-state index contributed by atoms with van der Waals surface area (Å²) in [5, 5.41) is 0. The summed E-state index contributed by atoms with van der Waals surface area (Å²) in [6.07, 6.45) is 5.60. The number of Topliss-reactive ketones (excluding diaryl/α,β-unsaturated/α-hetero) is 1. The average molecular weight is 313 g/mol. The molecule has 118 valence electrons. The highest BCUT2D eigenvalue weighted by Gasteiger charge is 2.20. The molecule has 1 aromatic rings. The molecule has 0 bridgehead atoms. The number of hydrogen-bond acceptors (Lipinski definition) is 3. The molecular formula is C17H25ClO3. The van der Waals surface area contributed by atoms with Gasteiger partial charge in [0.25, 0.3) is 0 Å². The minimum Gasteiger partial charge on any atom is -0.496 e. The highest BCUT2D eigenvalue weighted by molar-refractivity contribution is 6.30. The van der Waals surface area contributed by atoms with Crippen LogP contribution in [-0.2, 0) is 4.74 Å². The Balaban J connectivity index is 2.95. The van der Waals surface area contributed by atoms with Crippen molar-refractivity contribution < 1.29 is 14.3 Å².